The molecule has 1 aromatic heterocycles. The monoisotopic (exact) mass is 388 g/mol. The number of nitrogens with zero attached hydrogens (tertiary/aromatic N) is 1. The molecule has 1 heterocycles. The van der Waals surface area contributed by atoms with Gasteiger partial charge in [0.15, 0.2) is 0 Å². The molecule has 1 aliphatic rings. The summed E-state index contributed by atoms with van der Waals surface area (Å²) in [6.45, 7) is 7.14. The Hall–Kier alpha value is -1.27. The Morgan fingerprint density at radius 3 is 2.70 bits per heavy atom. The Balaban J connectivity index is 1.84. The summed E-state index contributed by atoms with van der Waals surface area (Å²) in [5, 5.41) is 11.8. The minimum atomic E-state index is -1.40. The zero-order chi connectivity index (χ0) is 19.4. The van der Waals surface area contributed by atoms with Gasteiger partial charge in [-0.05, 0) is 37.3 Å². The van der Waals surface area contributed by atoms with Gasteiger partial charge < -0.3 is 15.6 Å². The van der Waals surface area contributed by atoms with Gasteiger partial charge in [-0.25, -0.2) is 4.98 Å². The van der Waals surface area contributed by atoms with Crippen molar-refractivity contribution >= 4 is 11.3 Å². The van der Waals surface area contributed by atoms with Crippen molar-refractivity contribution < 1.29 is 9.84 Å². The first-order valence-electron chi connectivity index (χ1n) is 10.0. The maximum absolute atomic E-state index is 10.5. The lowest BCUT2D eigenvalue weighted by molar-refractivity contribution is 0.0646. The van der Waals surface area contributed by atoms with Crippen LogP contribution in [0.2, 0.25) is 0 Å². The van der Waals surface area contributed by atoms with Crippen molar-refractivity contribution in [2.45, 2.75) is 71.1 Å². The Morgan fingerprint density at radius 1 is 1.30 bits per heavy atom. The van der Waals surface area contributed by atoms with Gasteiger partial charge in [0.2, 0.25) is 0 Å². The van der Waals surface area contributed by atoms with Crippen LogP contribution in [0.3, 0.4) is 0 Å². The van der Waals surface area contributed by atoms with E-state index < -0.39 is 5.72 Å². The van der Waals surface area contributed by atoms with Crippen LogP contribution in [0.25, 0.3) is 10.4 Å². The van der Waals surface area contributed by atoms with Crippen molar-refractivity contribution in [1.29, 1.82) is 0 Å². The summed E-state index contributed by atoms with van der Waals surface area (Å²) in [6, 6.07) is 6.07. The molecule has 0 spiro atoms. The molecule has 3 rings (SSSR count). The molecular formula is C22H32N2O2S. The molecule has 1 saturated carbocycles. The van der Waals surface area contributed by atoms with E-state index in [-0.39, 0.29) is 0 Å². The molecule has 0 bridgehead atoms. The highest BCUT2D eigenvalue weighted by atomic mass is 32.1. The topological polar surface area (TPSA) is 68.4 Å². The highest BCUT2D eigenvalue weighted by molar-refractivity contribution is 7.15. The average molecular weight is 389 g/mol. The first-order valence-corrected chi connectivity index (χ1v) is 10.8. The fourth-order valence-corrected chi connectivity index (χ4v) is 4.80. The molecule has 1 aliphatic carbocycles. The minimum Gasteiger partial charge on any atom is -0.377 e. The largest absolute Gasteiger partial charge is 0.377 e. The standard InChI is InChI=1S/C22H32N2O2S/c1-15(2)13-26-14-16-9-10-18(19(11-16)22(3,23)25)20-12-24-21(27-20)17-7-5-4-6-8-17/h9-12,15,17,25H,4-8,13-14,23H2,1-3H3. The first-order chi connectivity index (χ1) is 12.8. The van der Waals surface area contributed by atoms with E-state index in [4.69, 9.17) is 15.5 Å². The fourth-order valence-electron chi connectivity index (χ4n) is 3.68. The predicted molar refractivity (Wildman–Crippen MR) is 112 cm³/mol. The molecule has 0 amide bonds. The lowest BCUT2D eigenvalue weighted by atomic mass is 9.90. The first kappa shape index (κ1) is 20.5. The van der Waals surface area contributed by atoms with Gasteiger partial charge in [0.05, 0.1) is 16.5 Å². The van der Waals surface area contributed by atoms with Crippen LogP contribution in [0.5, 0.6) is 0 Å². The number of nitrogens with two attached hydrogens (primary N) is 1. The lowest BCUT2D eigenvalue weighted by Gasteiger charge is -2.22. The average Bonchev–Trinajstić information content (AvgIpc) is 3.11. The maximum atomic E-state index is 10.5. The zero-order valence-corrected chi connectivity index (χ0v) is 17.5. The number of benzene rings is 1. The van der Waals surface area contributed by atoms with Crippen molar-refractivity contribution in [2.24, 2.45) is 11.7 Å². The zero-order valence-electron chi connectivity index (χ0n) is 16.7. The quantitative estimate of drug-likeness (QED) is 0.643. The van der Waals surface area contributed by atoms with Crippen LogP contribution in [-0.2, 0) is 17.1 Å². The van der Waals surface area contributed by atoms with E-state index in [1.54, 1.807) is 18.3 Å². The van der Waals surface area contributed by atoms with Crippen LogP contribution in [0.4, 0.5) is 0 Å². The van der Waals surface area contributed by atoms with Crippen LogP contribution in [-0.4, -0.2) is 16.7 Å². The van der Waals surface area contributed by atoms with E-state index in [0.717, 1.165) is 28.2 Å². The molecule has 0 aliphatic heterocycles. The van der Waals surface area contributed by atoms with Crippen LogP contribution < -0.4 is 5.73 Å². The second-order valence-electron chi connectivity index (χ2n) is 8.33. The molecule has 4 nitrogen and oxygen atoms in total. The summed E-state index contributed by atoms with van der Waals surface area (Å²) in [5.74, 6) is 1.08. The number of hydrogen-bond donors (Lipinski definition) is 2. The van der Waals surface area contributed by atoms with Crippen LogP contribution in [0.1, 0.15) is 74.9 Å². The van der Waals surface area contributed by atoms with Crippen LogP contribution >= 0.6 is 11.3 Å². The smallest absolute Gasteiger partial charge is 0.137 e. The molecule has 3 N–H and O–H groups in total. The van der Waals surface area contributed by atoms with Crippen molar-refractivity contribution in [1.82, 2.24) is 4.98 Å². The molecule has 1 fully saturated rings. The van der Waals surface area contributed by atoms with Gasteiger partial charge in [-0.1, -0.05) is 45.2 Å². The summed E-state index contributed by atoms with van der Waals surface area (Å²) in [6.07, 6.45) is 8.35. The summed E-state index contributed by atoms with van der Waals surface area (Å²) in [7, 11) is 0. The number of ether oxygens (including phenoxy) is 1. The van der Waals surface area contributed by atoms with Crippen LogP contribution in [0, 0.1) is 5.92 Å². The molecular weight excluding hydrogens is 356 g/mol. The summed E-state index contributed by atoms with van der Waals surface area (Å²) in [4.78, 5) is 5.78. The third-order valence-electron chi connectivity index (χ3n) is 5.09. The van der Waals surface area contributed by atoms with Gasteiger partial charge >= 0.3 is 0 Å². The van der Waals surface area contributed by atoms with E-state index in [1.165, 1.54) is 37.1 Å². The SMILES string of the molecule is CC(C)COCc1ccc(-c2cnc(C3CCCCC3)s2)c(C(C)(N)O)c1. The predicted octanol–water partition coefficient (Wildman–Crippen LogP) is 5.15. The minimum absolute atomic E-state index is 0.497. The van der Waals surface area contributed by atoms with Crippen molar-refractivity contribution in [2.75, 3.05) is 6.61 Å². The van der Waals surface area contributed by atoms with Crippen molar-refractivity contribution in [3.63, 3.8) is 0 Å². The Kier molecular flexibility index (Phi) is 6.69. The second-order valence-corrected chi connectivity index (χ2v) is 9.40. The number of thiazole rings is 1. The number of aliphatic hydroxyl groups is 1. The third-order valence-corrected chi connectivity index (χ3v) is 6.29. The normalized spacial score (nSPS) is 18.0. The van der Waals surface area contributed by atoms with E-state index in [9.17, 15) is 5.11 Å². The second kappa shape index (κ2) is 8.82. The van der Waals surface area contributed by atoms with Gasteiger partial charge in [-0.3, -0.25) is 0 Å². The molecule has 148 valence electrons. The molecule has 5 heteroatoms. The summed E-state index contributed by atoms with van der Waals surface area (Å²) in [5.41, 5.74) is 7.41. The van der Waals surface area contributed by atoms with Gasteiger partial charge in [0.1, 0.15) is 5.72 Å². The Morgan fingerprint density at radius 2 is 2.04 bits per heavy atom. The van der Waals surface area contributed by atoms with Gasteiger partial charge in [-0.2, -0.15) is 0 Å². The Labute approximate surface area is 166 Å². The number of rotatable bonds is 7. The maximum Gasteiger partial charge on any atom is 0.137 e. The number of aromatic nitrogens is 1. The molecule has 27 heavy (non-hydrogen) atoms. The highest BCUT2D eigenvalue weighted by Crippen LogP contribution is 2.39. The molecule has 0 saturated heterocycles. The summed E-state index contributed by atoms with van der Waals surface area (Å²) >= 11 is 1.74. The molecule has 1 atom stereocenters. The lowest BCUT2D eigenvalue weighted by Crippen LogP contribution is -2.33. The fraction of sp³-hybridized carbons (Fsp3) is 0.591. The van der Waals surface area contributed by atoms with E-state index in [1.807, 2.05) is 18.3 Å². The summed E-state index contributed by atoms with van der Waals surface area (Å²) < 4.78 is 5.75. The van der Waals surface area contributed by atoms with E-state index in [2.05, 4.69) is 19.9 Å². The number of hydrogen-bond acceptors (Lipinski definition) is 5. The third kappa shape index (κ3) is 5.38. The molecule has 1 unspecified atom stereocenters. The molecule has 2 aromatic rings. The van der Waals surface area contributed by atoms with Crippen LogP contribution in [0.15, 0.2) is 24.4 Å². The highest BCUT2D eigenvalue weighted by Gasteiger charge is 2.24. The van der Waals surface area contributed by atoms with Crippen molar-refractivity contribution in [3.8, 4) is 10.4 Å². The van der Waals surface area contributed by atoms with E-state index in [0.29, 0.717) is 18.4 Å². The van der Waals surface area contributed by atoms with E-state index >= 15 is 0 Å². The molecule has 0 radical (unpaired) electrons. The van der Waals surface area contributed by atoms with Gasteiger partial charge in [-0.15, -0.1) is 11.3 Å². The van der Waals surface area contributed by atoms with Gasteiger partial charge in [0, 0.05) is 29.8 Å². The van der Waals surface area contributed by atoms with Gasteiger partial charge in [0.25, 0.3) is 0 Å². The van der Waals surface area contributed by atoms with Crippen molar-refractivity contribution in [3.05, 3.63) is 40.5 Å². The molecule has 1 aromatic carbocycles. The Bertz CT molecular complexity index is 743.